The first kappa shape index (κ1) is 16.8. The lowest BCUT2D eigenvalue weighted by Crippen LogP contribution is -2.35. The molecule has 112 valence electrons. The second-order valence-electron chi connectivity index (χ2n) is 4.71. The summed E-state index contributed by atoms with van der Waals surface area (Å²) in [6, 6.07) is 2.23. The minimum atomic E-state index is -0.681. The van der Waals surface area contributed by atoms with Gasteiger partial charge in [-0.25, -0.2) is 8.78 Å². The molecule has 0 amide bonds. The number of nitrogens with one attached hydrogen (secondary N) is 1. The summed E-state index contributed by atoms with van der Waals surface area (Å²) in [4.78, 5) is 2.15. The Morgan fingerprint density at radius 1 is 1.30 bits per heavy atom. The fourth-order valence-corrected chi connectivity index (χ4v) is 2.13. The number of hydrogen-bond acceptors (Lipinski definition) is 3. The maximum absolute atomic E-state index is 13.9. The van der Waals surface area contributed by atoms with Gasteiger partial charge in [0, 0.05) is 18.2 Å². The van der Waals surface area contributed by atoms with Crippen LogP contribution in [0.1, 0.15) is 26.3 Å². The number of thiocarbonyl (C=S) groups is 1. The molecule has 6 heteroatoms. The molecule has 0 aliphatic heterocycles. The molecular formula is C14H21F2N3S. The summed E-state index contributed by atoms with van der Waals surface area (Å²) in [7, 11) is 0. The predicted octanol–water partition coefficient (Wildman–Crippen LogP) is 2.74. The Morgan fingerprint density at radius 2 is 1.80 bits per heavy atom. The van der Waals surface area contributed by atoms with Crippen molar-refractivity contribution in [1.82, 2.24) is 4.90 Å². The Kier molecular flexibility index (Phi) is 6.29. The van der Waals surface area contributed by atoms with E-state index < -0.39 is 11.6 Å². The van der Waals surface area contributed by atoms with Crippen LogP contribution >= 0.6 is 12.2 Å². The van der Waals surface area contributed by atoms with Crippen LogP contribution in [-0.4, -0.2) is 35.6 Å². The van der Waals surface area contributed by atoms with E-state index in [1.54, 1.807) is 0 Å². The molecule has 0 bridgehead atoms. The van der Waals surface area contributed by atoms with Gasteiger partial charge in [-0.2, -0.15) is 0 Å². The summed E-state index contributed by atoms with van der Waals surface area (Å²) < 4.78 is 27.8. The van der Waals surface area contributed by atoms with E-state index >= 15 is 0 Å². The van der Waals surface area contributed by atoms with Gasteiger partial charge >= 0.3 is 0 Å². The molecule has 1 aromatic rings. The molecule has 3 nitrogen and oxygen atoms in total. The van der Waals surface area contributed by atoms with Crippen molar-refractivity contribution in [2.45, 2.75) is 26.8 Å². The average Bonchev–Trinajstić information content (AvgIpc) is 2.39. The molecule has 20 heavy (non-hydrogen) atoms. The number of hydrogen-bond donors (Lipinski definition) is 2. The van der Waals surface area contributed by atoms with Gasteiger partial charge in [-0.15, -0.1) is 0 Å². The third-order valence-electron chi connectivity index (χ3n) is 3.14. The van der Waals surface area contributed by atoms with Crippen molar-refractivity contribution in [1.29, 1.82) is 0 Å². The van der Waals surface area contributed by atoms with E-state index in [-0.39, 0.29) is 22.3 Å². The maximum atomic E-state index is 13.9. The van der Waals surface area contributed by atoms with Gasteiger partial charge in [0.2, 0.25) is 0 Å². The van der Waals surface area contributed by atoms with Crippen LogP contribution in [0.2, 0.25) is 0 Å². The first-order valence-electron chi connectivity index (χ1n) is 6.66. The molecule has 0 aliphatic rings. The van der Waals surface area contributed by atoms with E-state index in [1.165, 1.54) is 0 Å². The van der Waals surface area contributed by atoms with Crippen molar-refractivity contribution < 1.29 is 8.78 Å². The molecule has 0 aromatic heterocycles. The molecular weight excluding hydrogens is 280 g/mol. The lowest BCUT2D eigenvalue weighted by Gasteiger charge is -2.24. The number of nitrogens with zero attached hydrogens (tertiary/aromatic N) is 1. The SMILES string of the molecule is CCN(CC)CC(C)Nc1c(F)cc(C(N)=S)cc1F. The topological polar surface area (TPSA) is 41.3 Å². The lowest BCUT2D eigenvalue weighted by atomic mass is 10.1. The quantitative estimate of drug-likeness (QED) is 0.760. The fraction of sp³-hybridized carbons (Fsp3) is 0.500. The van der Waals surface area contributed by atoms with Crippen molar-refractivity contribution in [2.75, 3.05) is 25.0 Å². The number of nitrogens with two attached hydrogens (primary N) is 1. The molecule has 0 saturated heterocycles. The Balaban J connectivity index is 2.85. The molecule has 0 radical (unpaired) electrons. The molecule has 0 spiro atoms. The molecule has 1 rings (SSSR count). The summed E-state index contributed by atoms with van der Waals surface area (Å²) in [6.45, 7) is 8.49. The minimum Gasteiger partial charge on any atom is -0.389 e. The van der Waals surface area contributed by atoms with Crippen molar-refractivity contribution in [3.8, 4) is 0 Å². The summed E-state index contributed by atoms with van der Waals surface area (Å²) >= 11 is 4.72. The number of benzene rings is 1. The van der Waals surface area contributed by atoms with E-state index in [2.05, 4.69) is 10.2 Å². The normalized spacial score (nSPS) is 12.5. The third-order valence-corrected chi connectivity index (χ3v) is 3.38. The smallest absolute Gasteiger partial charge is 0.150 e. The summed E-state index contributed by atoms with van der Waals surface area (Å²) in [5.74, 6) is -1.36. The largest absolute Gasteiger partial charge is 0.389 e. The van der Waals surface area contributed by atoms with Crippen LogP contribution in [0, 0.1) is 11.6 Å². The van der Waals surface area contributed by atoms with Crippen LogP contribution in [-0.2, 0) is 0 Å². The number of anilines is 1. The zero-order valence-corrected chi connectivity index (χ0v) is 12.9. The highest BCUT2D eigenvalue weighted by atomic mass is 32.1. The van der Waals surface area contributed by atoms with Gasteiger partial charge < -0.3 is 16.0 Å². The van der Waals surface area contributed by atoms with E-state index in [0.29, 0.717) is 6.54 Å². The molecule has 3 N–H and O–H groups in total. The second-order valence-corrected chi connectivity index (χ2v) is 5.15. The zero-order valence-electron chi connectivity index (χ0n) is 12.0. The van der Waals surface area contributed by atoms with Crippen LogP contribution in [0.25, 0.3) is 0 Å². The number of halogens is 2. The Bertz CT molecular complexity index is 452. The summed E-state index contributed by atoms with van der Waals surface area (Å²) in [6.07, 6.45) is 0. The van der Waals surface area contributed by atoms with Gasteiger partial charge in [0.15, 0.2) is 0 Å². The Labute approximate surface area is 124 Å². The van der Waals surface area contributed by atoms with Crippen LogP contribution in [0.3, 0.4) is 0 Å². The highest BCUT2D eigenvalue weighted by Crippen LogP contribution is 2.21. The first-order chi connectivity index (χ1) is 9.38. The Morgan fingerprint density at radius 3 is 2.20 bits per heavy atom. The van der Waals surface area contributed by atoms with Gasteiger partial charge in [0.1, 0.15) is 22.3 Å². The molecule has 0 heterocycles. The number of likely N-dealkylation sites (N-methyl/N-ethyl adjacent to an activating group) is 1. The molecule has 1 atom stereocenters. The zero-order chi connectivity index (χ0) is 15.3. The standard InChI is InChI=1S/C14H21F2N3S/c1-4-19(5-2)8-9(3)18-13-11(15)6-10(14(17)20)7-12(13)16/h6-7,9,18H,4-5,8H2,1-3H3,(H2,17,20). The van der Waals surface area contributed by atoms with E-state index in [9.17, 15) is 8.78 Å². The van der Waals surface area contributed by atoms with Gasteiger partial charge in [0.05, 0.1) is 0 Å². The average molecular weight is 301 g/mol. The van der Waals surface area contributed by atoms with E-state index in [1.807, 2.05) is 20.8 Å². The van der Waals surface area contributed by atoms with Crippen molar-refractivity contribution in [3.05, 3.63) is 29.3 Å². The molecule has 0 fully saturated rings. The van der Waals surface area contributed by atoms with Crippen LogP contribution in [0.15, 0.2) is 12.1 Å². The van der Waals surface area contributed by atoms with E-state index in [4.69, 9.17) is 18.0 Å². The van der Waals surface area contributed by atoms with Gasteiger partial charge in [-0.3, -0.25) is 0 Å². The van der Waals surface area contributed by atoms with E-state index in [0.717, 1.165) is 25.2 Å². The minimum absolute atomic E-state index is 0.0226. The maximum Gasteiger partial charge on any atom is 0.150 e. The van der Waals surface area contributed by atoms with Gasteiger partial charge in [0.25, 0.3) is 0 Å². The highest BCUT2D eigenvalue weighted by molar-refractivity contribution is 7.80. The van der Waals surface area contributed by atoms with Crippen molar-refractivity contribution in [3.63, 3.8) is 0 Å². The van der Waals surface area contributed by atoms with Crippen molar-refractivity contribution >= 4 is 22.9 Å². The predicted molar refractivity (Wildman–Crippen MR) is 83.1 cm³/mol. The van der Waals surface area contributed by atoms with Crippen molar-refractivity contribution in [2.24, 2.45) is 5.73 Å². The Hall–Kier alpha value is -1.27. The first-order valence-corrected chi connectivity index (χ1v) is 7.07. The third kappa shape index (κ3) is 4.38. The molecule has 0 aliphatic carbocycles. The lowest BCUT2D eigenvalue weighted by molar-refractivity contribution is 0.294. The summed E-state index contributed by atoms with van der Waals surface area (Å²) in [5.41, 5.74) is 5.43. The van der Waals surface area contributed by atoms with Gasteiger partial charge in [-0.1, -0.05) is 26.1 Å². The van der Waals surface area contributed by atoms with Gasteiger partial charge in [-0.05, 0) is 32.1 Å². The highest BCUT2D eigenvalue weighted by Gasteiger charge is 2.15. The second kappa shape index (κ2) is 7.50. The van der Waals surface area contributed by atoms with Crippen LogP contribution < -0.4 is 11.1 Å². The fourth-order valence-electron chi connectivity index (χ4n) is 2.01. The van der Waals surface area contributed by atoms with Crippen LogP contribution in [0.4, 0.5) is 14.5 Å². The molecule has 1 unspecified atom stereocenters. The monoisotopic (exact) mass is 301 g/mol. The summed E-state index contributed by atoms with van der Waals surface area (Å²) in [5, 5.41) is 2.87. The molecule has 1 aromatic carbocycles. The van der Waals surface area contributed by atoms with Crippen LogP contribution in [0.5, 0.6) is 0 Å². The molecule has 0 saturated carbocycles. The number of rotatable bonds is 7.